The van der Waals surface area contributed by atoms with Crippen LogP contribution in [0.1, 0.15) is 71.8 Å². The molecule has 0 unspecified atom stereocenters. The average Bonchev–Trinajstić information content (AvgIpc) is 3.78. The van der Waals surface area contributed by atoms with Crippen LogP contribution in [0.15, 0.2) is 34.7 Å². The number of hydrogen-bond donors (Lipinski definition) is 1. The zero-order valence-corrected chi connectivity index (χ0v) is 23.5. The number of sulfonamides is 1. The molecule has 1 amide bonds. The molecule has 0 atom stereocenters. The van der Waals surface area contributed by atoms with E-state index in [4.69, 9.17) is 9.40 Å². The van der Waals surface area contributed by atoms with Gasteiger partial charge in [0, 0.05) is 31.2 Å². The molecule has 1 N–H and O–H groups in total. The van der Waals surface area contributed by atoms with Crippen molar-refractivity contribution in [2.45, 2.75) is 50.4 Å². The first-order chi connectivity index (χ1) is 18.0. The predicted molar refractivity (Wildman–Crippen MR) is 148 cm³/mol. The van der Waals surface area contributed by atoms with Gasteiger partial charge in [-0.25, -0.2) is 16.8 Å². The predicted octanol–water partition coefficient (Wildman–Crippen LogP) is 4.20. The molecular formula is C27H33N3O6S2. The van der Waals surface area contributed by atoms with E-state index in [0.29, 0.717) is 35.5 Å². The van der Waals surface area contributed by atoms with Crippen LogP contribution in [0.2, 0.25) is 0 Å². The maximum atomic E-state index is 13.0. The SMILES string of the molecule is CNC(=O)c1c(-c2ccc(C3CC3)cc2)oc2nc(N(CCCCS(C)(=O)=O)S(C)(=O)=O)c(C3CC3)cc12. The minimum absolute atomic E-state index is 0.0108. The molecule has 0 spiro atoms. The summed E-state index contributed by atoms with van der Waals surface area (Å²) < 4.78 is 56.2. The number of benzene rings is 1. The van der Waals surface area contributed by atoms with Crippen molar-refractivity contribution in [1.82, 2.24) is 10.3 Å². The van der Waals surface area contributed by atoms with Crippen molar-refractivity contribution >= 4 is 42.7 Å². The molecule has 1 aromatic carbocycles. The summed E-state index contributed by atoms with van der Waals surface area (Å²) in [5.41, 5.74) is 3.34. The zero-order chi connectivity index (χ0) is 27.2. The number of hydrogen-bond acceptors (Lipinski definition) is 7. The molecule has 2 aliphatic rings. The number of amides is 1. The molecule has 2 aromatic heterocycles. The second-order valence-corrected chi connectivity index (χ2v) is 14.6. The van der Waals surface area contributed by atoms with Gasteiger partial charge in [-0.2, -0.15) is 4.98 Å². The minimum atomic E-state index is -3.71. The highest BCUT2D eigenvalue weighted by atomic mass is 32.2. The van der Waals surface area contributed by atoms with Gasteiger partial charge >= 0.3 is 0 Å². The number of anilines is 1. The molecule has 0 saturated heterocycles. The zero-order valence-electron chi connectivity index (χ0n) is 21.9. The van der Waals surface area contributed by atoms with Crippen LogP contribution in [0.3, 0.4) is 0 Å². The molecule has 38 heavy (non-hydrogen) atoms. The lowest BCUT2D eigenvalue weighted by atomic mass is 10.0. The second kappa shape index (κ2) is 10.00. The third kappa shape index (κ3) is 5.73. The molecule has 0 bridgehead atoms. The van der Waals surface area contributed by atoms with Gasteiger partial charge in [-0.05, 0) is 67.6 Å². The topological polar surface area (TPSA) is 127 Å². The number of furan rings is 1. The summed E-state index contributed by atoms with van der Waals surface area (Å²) in [5.74, 6) is 1.10. The standard InChI is InChI=1S/C27H33N3O6S2/c1-28-26(31)23-22-16-21(19-10-11-19)25(30(38(3,34)35)14-4-5-15-37(2,32)33)29-27(22)36-24(23)20-12-8-18(9-13-20)17-6-7-17/h8-9,12-13,16-17,19H,4-7,10-11,14-15H2,1-3H3,(H,28,31). The van der Waals surface area contributed by atoms with E-state index in [9.17, 15) is 21.6 Å². The van der Waals surface area contributed by atoms with Gasteiger partial charge in [0.1, 0.15) is 21.4 Å². The first-order valence-corrected chi connectivity index (χ1v) is 16.8. The van der Waals surface area contributed by atoms with E-state index in [1.165, 1.54) is 29.0 Å². The number of sulfone groups is 1. The Morgan fingerprint density at radius 1 is 1.03 bits per heavy atom. The van der Waals surface area contributed by atoms with E-state index in [2.05, 4.69) is 17.4 Å². The molecule has 2 fully saturated rings. The van der Waals surface area contributed by atoms with Crippen molar-refractivity contribution in [3.05, 3.63) is 47.0 Å². The third-order valence-electron chi connectivity index (χ3n) is 7.15. The number of nitrogens with zero attached hydrogens (tertiary/aromatic N) is 2. The Morgan fingerprint density at radius 2 is 1.68 bits per heavy atom. The summed E-state index contributed by atoms with van der Waals surface area (Å²) in [4.78, 5) is 17.7. The van der Waals surface area contributed by atoms with Crippen LogP contribution in [0.5, 0.6) is 0 Å². The van der Waals surface area contributed by atoms with Crippen LogP contribution in [0, 0.1) is 0 Å². The molecule has 2 saturated carbocycles. The van der Waals surface area contributed by atoms with Gasteiger partial charge in [-0.3, -0.25) is 9.10 Å². The molecule has 3 aromatic rings. The van der Waals surface area contributed by atoms with Crippen LogP contribution in [0.4, 0.5) is 5.82 Å². The molecule has 0 aliphatic heterocycles. The van der Waals surface area contributed by atoms with E-state index < -0.39 is 19.9 Å². The molecule has 9 nitrogen and oxygen atoms in total. The van der Waals surface area contributed by atoms with E-state index in [1.807, 2.05) is 18.2 Å². The summed E-state index contributed by atoms with van der Waals surface area (Å²) in [6, 6.07) is 9.87. The Hall–Kier alpha value is -2.92. The summed E-state index contributed by atoms with van der Waals surface area (Å²) in [5, 5.41) is 3.24. The number of aromatic nitrogens is 1. The second-order valence-electron chi connectivity index (χ2n) is 10.5. The third-order valence-corrected chi connectivity index (χ3v) is 9.33. The van der Waals surface area contributed by atoms with Crippen molar-refractivity contribution in [2.75, 3.05) is 36.2 Å². The van der Waals surface area contributed by atoms with Crippen LogP contribution < -0.4 is 9.62 Å². The normalized spacial score (nSPS) is 16.1. The van der Waals surface area contributed by atoms with Crippen molar-refractivity contribution in [1.29, 1.82) is 0 Å². The largest absolute Gasteiger partial charge is 0.437 e. The number of carbonyl (C=O) groups excluding carboxylic acids is 1. The van der Waals surface area contributed by atoms with Crippen molar-refractivity contribution in [3.63, 3.8) is 0 Å². The molecule has 2 heterocycles. The van der Waals surface area contributed by atoms with Gasteiger partial charge in [0.05, 0.1) is 17.2 Å². The number of fused-ring (bicyclic) bond motifs is 1. The smallest absolute Gasteiger partial charge is 0.255 e. The number of unbranched alkanes of at least 4 members (excludes halogenated alkanes) is 1. The number of rotatable bonds is 11. The maximum Gasteiger partial charge on any atom is 0.255 e. The maximum absolute atomic E-state index is 13.0. The Morgan fingerprint density at radius 3 is 2.24 bits per heavy atom. The van der Waals surface area contributed by atoms with Crippen molar-refractivity contribution in [2.24, 2.45) is 0 Å². The lowest BCUT2D eigenvalue weighted by molar-refractivity contribution is 0.0964. The Bertz CT molecular complexity index is 1590. The molecule has 204 valence electrons. The van der Waals surface area contributed by atoms with E-state index in [0.717, 1.165) is 30.2 Å². The van der Waals surface area contributed by atoms with Gasteiger partial charge in [-0.15, -0.1) is 0 Å². The van der Waals surface area contributed by atoms with Gasteiger partial charge in [0.15, 0.2) is 0 Å². The first-order valence-electron chi connectivity index (χ1n) is 12.9. The van der Waals surface area contributed by atoms with Gasteiger partial charge < -0.3 is 9.73 Å². The van der Waals surface area contributed by atoms with Gasteiger partial charge in [-0.1, -0.05) is 24.3 Å². The van der Waals surface area contributed by atoms with Gasteiger partial charge in [0.25, 0.3) is 5.91 Å². The van der Waals surface area contributed by atoms with Gasteiger partial charge in [0.2, 0.25) is 15.7 Å². The van der Waals surface area contributed by atoms with Crippen LogP contribution >= 0.6 is 0 Å². The van der Waals surface area contributed by atoms with E-state index >= 15 is 0 Å². The Labute approximate surface area is 223 Å². The highest BCUT2D eigenvalue weighted by Crippen LogP contribution is 2.47. The molecule has 11 heteroatoms. The Balaban J connectivity index is 1.59. The lowest BCUT2D eigenvalue weighted by Crippen LogP contribution is -2.32. The number of carbonyl (C=O) groups is 1. The minimum Gasteiger partial charge on any atom is -0.437 e. The fraction of sp³-hybridized carbons (Fsp3) is 0.481. The number of nitrogens with one attached hydrogen (secondary N) is 1. The summed E-state index contributed by atoms with van der Waals surface area (Å²) in [7, 11) is -5.29. The first kappa shape index (κ1) is 26.7. The fourth-order valence-corrected chi connectivity index (χ4v) is 6.50. The highest BCUT2D eigenvalue weighted by molar-refractivity contribution is 7.92. The quantitative estimate of drug-likeness (QED) is 0.349. The monoisotopic (exact) mass is 559 g/mol. The molecular weight excluding hydrogens is 526 g/mol. The fourth-order valence-electron chi connectivity index (χ4n) is 4.85. The van der Waals surface area contributed by atoms with Crippen molar-refractivity contribution in [3.8, 4) is 11.3 Å². The Kier molecular flexibility index (Phi) is 7.02. The average molecular weight is 560 g/mol. The summed E-state index contributed by atoms with van der Waals surface area (Å²) >= 11 is 0. The van der Waals surface area contributed by atoms with Crippen LogP contribution in [0.25, 0.3) is 22.4 Å². The van der Waals surface area contributed by atoms with Crippen LogP contribution in [-0.4, -0.2) is 59.6 Å². The lowest BCUT2D eigenvalue weighted by Gasteiger charge is -2.23. The summed E-state index contributed by atoms with van der Waals surface area (Å²) in [6.45, 7) is 0.102. The van der Waals surface area contributed by atoms with Crippen LogP contribution in [-0.2, 0) is 19.9 Å². The molecule has 0 radical (unpaired) electrons. The molecule has 5 rings (SSSR count). The van der Waals surface area contributed by atoms with E-state index in [-0.39, 0.29) is 35.7 Å². The van der Waals surface area contributed by atoms with Crippen molar-refractivity contribution < 1.29 is 26.0 Å². The van der Waals surface area contributed by atoms with E-state index in [1.54, 1.807) is 7.05 Å². The highest BCUT2D eigenvalue weighted by Gasteiger charge is 2.34. The summed E-state index contributed by atoms with van der Waals surface area (Å²) in [6.07, 6.45) is 7.17. The molecule has 2 aliphatic carbocycles. The number of pyridine rings is 1.